The fourth-order valence-corrected chi connectivity index (χ4v) is 4.10. The minimum absolute atomic E-state index is 0.0739. The Hall–Kier alpha value is -3.94. The number of nitrogens with zero attached hydrogens (tertiary/aromatic N) is 1. The van der Waals surface area contributed by atoms with Crippen LogP contribution in [-0.4, -0.2) is 32.6 Å². The molecule has 0 spiro atoms. The maximum atomic E-state index is 13.5. The molecule has 5 aromatic rings. The van der Waals surface area contributed by atoms with Crippen LogP contribution in [0.4, 0.5) is 4.39 Å². The molecule has 0 fully saturated rings. The molecular weight excluding hydrogens is 455 g/mol. The number of H-pyrrole nitrogens is 2. The molecule has 1 atom stereocenters. The van der Waals surface area contributed by atoms with Crippen molar-refractivity contribution in [2.75, 3.05) is 6.61 Å². The van der Waals surface area contributed by atoms with E-state index in [1.54, 1.807) is 12.3 Å². The first-order valence-electron chi connectivity index (χ1n) is 10.6. The van der Waals surface area contributed by atoms with Gasteiger partial charge in [-0.25, -0.2) is 9.37 Å². The van der Waals surface area contributed by atoms with Crippen LogP contribution >= 0.6 is 11.6 Å². The highest BCUT2D eigenvalue weighted by Gasteiger charge is 2.19. The summed E-state index contributed by atoms with van der Waals surface area (Å²) in [5, 5.41) is 13.4. The zero-order chi connectivity index (χ0) is 23.7. The quantitative estimate of drug-likeness (QED) is 0.262. The van der Waals surface area contributed by atoms with E-state index in [0.29, 0.717) is 11.3 Å². The van der Waals surface area contributed by atoms with Gasteiger partial charge in [0.1, 0.15) is 17.2 Å². The van der Waals surface area contributed by atoms with Crippen molar-refractivity contribution in [3.05, 3.63) is 101 Å². The molecule has 4 N–H and O–H groups in total. The molecule has 0 radical (unpaired) electrons. The van der Waals surface area contributed by atoms with E-state index in [4.69, 9.17) is 11.6 Å². The van der Waals surface area contributed by atoms with Crippen LogP contribution in [0.25, 0.3) is 33.3 Å². The van der Waals surface area contributed by atoms with Gasteiger partial charge in [0.25, 0.3) is 5.91 Å². The maximum absolute atomic E-state index is 13.5. The molecule has 0 aliphatic carbocycles. The molecule has 170 valence electrons. The van der Waals surface area contributed by atoms with E-state index in [0.717, 1.165) is 33.3 Å². The van der Waals surface area contributed by atoms with Gasteiger partial charge in [-0.2, -0.15) is 0 Å². The van der Waals surface area contributed by atoms with Crippen LogP contribution < -0.4 is 5.32 Å². The summed E-state index contributed by atoms with van der Waals surface area (Å²) in [6.45, 7) is -0.363. The molecule has 3 aromatic heterocycles. The number of hydrogen-bond donors (Lipinski definition) is 4. The van der Waals surface area contributed by atoms with Crippen LogP contribution in [0.2, 0.25) is 5.02 Å². The minimum atomic E-state index is -0.733. The molecule has 1 unspecified atom stereocenters. The molecule has 0 bridgehead atoms. The number of aromatic amines is 2. The second-order valence-electron chi connectivity index (χ2n) is 7.87. The molecule has 6 nitrogen and oxygen atoms in total. The summed E-state index contributed by atoms with van der Waals surface area (Å²) in [5.74, 6) is -0.972. The standard InChI is InChI=1S/C26H20ClFN4O2/c27-21-9-16(6-7-22(21)28)24(14-33)32-26(34)23-10-18(12-29-23)20-13-31-25-19(20)8-17(11-30-25)15-4-2-1-3-5-15/h1-13,24,29,33H,14H2,(H,30,31)(H,32,34). The Bertz CT molecular complexity index is 1480. The lowest BCUT2D eigenvalue weighted by molar-refractivity contribution is 0.0911. The number of halogens is 2. The maximum Gasteiger partial charge on any atom is 0.268 e. The summed E-state index contributed by atoms with van der Waals surface area (Å²) in [6, 6.07) is 17.1. The first-order valence-corrected chi connectivity index (χ1v) is 11.0. The second-order valence-corrected chi connectivity index (χ2v) is 8.28. The van der Waals surface area contributed by atoms with Crippen molar-refractivity contribution >= 4 is 28.5 Å². The Morgan fingerprint density at radius 1 is 1.03 bits per heavy atom. The van der Waals surface area contributed by atoms with Crippen molar-refractivity contribution < 1.29 is 14.3 Å². The number of nitrogens with one attached hydrogen (secondary N) is 3. The van der Waals surface area contributed by atoms with Crippen molar-refractivity contribution in [3.8, 4) is 22.3 Å². The van der Waals surface area contributed by atoms with Crippen molar-refractivity contribution in [2.24, 2.45) is 0 Å². The normalized spacial score (nSPS) is 12.1. The molecule has 0 saturated carbocycles. The first kappa shape index (κ1) is 21.9. The lowest BCUT2D eigenvalue weighted by atomic mass is 10.0. The fraction of sp³-hybridized carbons (Fsp3) is 0.0769. The predicted octanol–water partition coefficient (Wildman–Crippen LogP) is 5.48. The Morgan fingerprint density at radius 3 is 2.62 bits per heavy atom. The molecule has 3 heterocycles. The summed E-state index contributed by atoms with van der Waals surface area (Å²) in [6.07, 6.45) is 5.43. The van der Waals surface area contributed by atoms with Crippen LogP contribution in [0.3, 0.4) is 0 Å². The van der Waals surface area contributed by atoms with E-state index in [1.165, 1.54) is 18.2 Å². The fourth-order valence-electron chi connectivity index (χ4n) is 3.91. The van der Waals surface area contributed by atoms with Crippen molar-refractivity contribution in [2.45, 2.75) is 6.04 Å². The van der Waals surface area contributed by atoms with Crippen molar-refractivity contribution in [1.29, 1.82) is 0 Å². The van der Waals surface area contributed by atoms with E-state index >= 15 is 0 Å². The lowest BCUT2D eigenvalue weighted by Gasteiger charge is -2.16. The van der Waals surface area contributed by atoms with E-state index in [2.05, 4.69) is 26.3 Å². The highest BCUT2D eigenvalue weighted by Crippen LogP contribution is 2.31. The topological polar surface area (TPSA) is 93.8 Å². The van der Waals surface area contributed by atoms with Crippen LogP contribution in [0.1, 0.15) is 22.1 Å². The van der Waals surface area contributed by atoms with Crippen molar-refractivity contribution in [3.63, 3.8) is 0 Å². The van der Waals surface area contributed by atoms with Gasteiger partial charge in [-0.1, -0.05) is 48.0 Å². The van der Waals surface area contributed by atoms with Gasteiger partial charge in [0, 0.05) is 40.7 Å². The monoisotopic (exact) mass is 474 g/mol. The van der Waals surface area contributed by atoms with Crippen LogP contribution in [0.15, 0.2) is 79.3 Å². The Labute approximate surface area is 199 Å². The first-order chi connectivity index (χ1) is 16.5. The number of aliphatic hydroxyl groups excluding tert-OH is 1. The molecule has 0 aliphatic rings. The van der Waals surface area contributed by atoms with Gasteiger partial charge in [0.15, 0.2) is 0 Å². The highest BCUT2D eigenvalue weighted by atomic mass is 35.5. The zero-order valence-electron chi connectivity index (χ0n) is 17.8. The Morgan fingerprint density at radius 2 is 1.85 bits per heavy atom. The van der Waals surface area contributed by atoms with Crippen molar-refractivity contribution in [1.82, 2.24) is 20.3 Å². The highest BCUT2D eigenvalue weighted by molar-refractivity contribution is 6.30. The molecule has 0 aliphatic heterocycles. The number of pyridine rings is 1. The van der Waals surface area contributed by atoms with E-state index < -0.39 is 17.8 Å². The van der Waals surface area contributed by atoms with Gasteiger partial charge in [0.2, 0.25) is 0 Å². The number of aliphatic hydroxyl groups is 1. The smallest absolute Gasteiger partial charge is 0.268 e. The van der Waals surface area contributed by atoms with Gasteiger partial charge in [-0.3, -0.25) is 4.79 Å². The predicted molar refractivity (Wildman–Crippen MR) is 130 cm³/mol. The second kappa shape index (κ2) is 9.13. The third-order valence-electron chi connectivity index (χ3n) is 5.71. The number of rotatable bonds is 6. The molecule has 8 heteroatoms. The third kappa shape index (κ3) is 4.19. The van der Waals surface area contributed by atoms with E-state index in [9.17, 15) is 14.3 Å². The summed E-state index contributed by atoms with van der Waals surface area (Å²) >= 11 is 5.84. The summed E-state index contributed by atoms with van der Waals surface area (Å²) in [7, 11) is 0. The largest absolute Gasteiger partial charge is 0.394 e. The number of amides is 1. The van der Waals surface area contributed by atoms with Gasteiger partial charge >= 0.3 is 0 Å². The molecule has 34 heavy (non-hydrogen) atoms. The number of fused-ring (bicyclic) bond motifs is 1. The molecule has 0 saturated heterocycles. The summed E-state index contributed by atoms with van der Waals surface area (Å²) in [4.78, 5) is 23.5. The Balaban J connectivity index is 1.41. The summed E-state index contributed by atoms with van der Waals surface area (Å²) in [5.41, 5.74) is 5.34. The SMILES string of the molecule is O=C(NC(CO)c1ccc(F)c(Cl)c1)c1cc(-c2c[nH]c3ncc(-c4ccccc4)cc23)c[nH]1. The number of benzene rings is 2. The van der Waals surface area contributed by atoms with Crippen LogP contribution in [0.5, 0.6) is 0 Å². The number of carbonyl (C=O) groups is 1. The van der Waals surface area contributed by atoms with Gasteiger partial charge in [-0.15, -0.1) is 0 Å². The van der Waals surface area contributed by atoms with E-state index in [-0.39, 0.29) is 11.6 Å². The van der Waals surface area contributed by atoms with Gasteiger partial charge < -0.3 is 20.4 Å². The van der Waals surface area contributed by atoms with Gasteiger partial charge in [0.05, 0.1) is 17.7 Å². The molecular formula is C26H20ClFN4O2. The lowest BCUT2D eigenvalue weighted by Crippen LogP contribution is -2.31. The average molecular weight is 475 g/mol. The number of hydrogen-bond acceptors (Lipinski definition) is 3. The van der Waals surface area contributed by atoms with E-state index in [1.807, 2.05) is 42.7 Å². The zero-order valence-corrected chi connectivity index (χ0v) is 18.6. The Kier molecular flexibility index (Phi) is 5.88. The van der Waals surface area contributed by atoms with Gasteiger partial charge in [-0.05, 0) is 35.4 Å². The third-order valence-corrected chi connectivity index (χ3v) is 6.00. The number of carbonyl (C=O) groups excluding carboxylic acids is 1. The summed E-state index contributed by atoms with van der Waals surface area (Å²) < 4.78 is 13.5. The molecule has 5 rings (SSSR count). The average Bonchev–Trinajstić information content (AvgIpc) is 3.51. The van der Waals surface area contributed by atoms with Crippen LogP contribution in [-0.2, 0) is 0 Å². The molecule has 1 amide bonds. The van der Waals surface area contributed by atoms with Crippen LogP contribution in [0, 0.1) is 5.82 Å². The minimum Gasteiger partial charge on any atom is -0.394 e. The number of aromatic nitrogens is 3. The molecule has 2 aromatic carbocycles.